The SMILES string of the molecule is COc1cc(C(=O)c2cc(=O)cc(-c3ccc(C)cc3)[nH]2)cc(OC)c1OC. The lowest BCUT2D eigenvalue weighted by molar-refractivity contribution is 0.103. The number of rotatable bonds is 6. The molecule has 6 heteroatoms. The van der Waals surface area contributed by atoms with Crippen molar-refractivity contribution in [3.05, 3.63) is 75.6 Å². The second-order valence-corrected chi connectivity index (χ2v) is 6.25. The number of hydrogen-bond donors (Lipinski definition) is 1. The third kappa shape index (κ3) is 3.76. The molecule has 144 valence electrons. The number of benzene rings is 2. The van der Waals surface area contributed by atoms with Gasteiger partial charge in [0, 0.05) is 23.4 Å². The number of ether oxygens (including phenoxy) is 3. The maximum atomic E-state index is 13.1. The maximum Gasteiger partial charge on any atom is 0.209 e. The van der Waals surface area contributed by atoms with Gasteiger partial charge in [-0.1, -0.05) is 29.8 Å². The van der Waals surface area contributed by atoms with Gasteiger partial charge < -0.3 is 19.2 Å². The molecule has 1 heterocycles. The average molecular weight is 379 g/mol. The van der Waals surface area contributed by atoms with Crippen molar-refractivity contribution in [3.8, 4) is 28.5 Å². The summed E-state index contributed by atoms with van der Waals surface area (Å²) in [7, 11) is 4.45. The predicted molar refractivity (Wildman–Crippen MR) is 107 cm³/mol. The Kier molecular flexibility index (Phi) is 5.49. The Morgan fingerprint density at radius 1 is 0.857 bits per heavy atom. The monoisotopic (exact) mass is 379 g/mol. The fraction of sp³-hybridized carbons (Fsp3) is 0.182. The molecule has 1 aromatic heterocycles. The van der Waals surface area contributed by atoms with Crippen molar-refractivity contribution in [1.29, 1.82) is 0 Å². The molecule has 28 heavy (non-hydrogen) atoms. The van der Waals surface area contributed by atoms with Gasteiger partial charge in [0.15, 0.2) is 16.9 Å². The highest BCUT2D eigenvalue weighted by molar-refractivity contribution is 6.08. The number of nitrogens with one attached hydrogen (secondary N) is 1. The summed E-state index contributed by atoms with van der Waals surface area (Å²) in [5.41, 5.74) is 2.73. The minimum absolute atomic E-state index is 0.178. The fourth-order valence-corrected chi connectivity index (χ4v) is 2.92. The lowest BCUT2D eigenvalue weighted by atomic mass is 10.0. The second kappa shape index (κ2) is 8.00. The Balaban J connectivity index is 2.08. The number of H-pyrrole nitrogens is 1. The molecule has 0 bridgehead atoms. The van der Waals surface area contributed by atoms with Crippen molar-refractivity contribution in [2.24, 2.45) is 0 Å². The van der Waals surface area contributed by atoms with Crippen LogP contribution in [0.2, 0.25) is 0 Å². The number of aromatic nitrogens is 1. The number of methoxy groups -OCH3 is 3. The second-order valence-electron chi connectivity index (χ2n) is 6.25. The van der Waals surface area contributed by atoms with Gasteiger partial charge in [0.05, 0.1) is 27.0 Å². The molecule has 0 amide bonds. The molecule has 0 spiro atoms. The van der Waals surface area contributed by atoms with Crippen LogP contribution in [0.15, 0.2) is 53.3 Å². The first-order valence-corrected chi connectivity index (χ1v) is 8.63. The summed E-state index contributed by atoms with van der Waals surface area (Å²) in [4.78, 5) is 28.3. The van der Waals surface area contributed by atoms with Gasteiger partial charge in [0.2, 0.25) is 11.5 Å². The zero-order valence-electron chi connectivity index (χ0n) is 16.2. The average Bonchev–Trinajstić information content (AvgIpc) is 2.72. The Bertz CT molecular complexity index is 1040. The molecule has 3 aromatic rings. The zero-order chi connectivity index (χ0) is 20.3. The van der Waals surface area contributed by atoms with E-state index in [-0.39, 0.29) is 16.9 Å². The van der Waals surface area contributed by atoms with Crippen LogP contribution in [0.25, 0.3) is 11.3 Å². The zero-order valence-corrected chi connectivity index (χ0v) is 16.2. The fourth-order valence-electron chi connectivity index (χ4n) is 2.92. The smallest absolute Gasteiger partial charge is 0.209 e. The van der Waals surface area contributed by atoms with E-state index in [9.17, 15) is 9.59 Å². The van der Waals surface area contributed by atoms with Gasteiger partial charge in [0.1, 0.15) is 0 Å². The normalized spacial score (nSPS) is 10.4. The number of aromatic amines is 1. The Morgan fingerprint density at radius 2 is 1.46 bits per heavy atom. The molecule has 6 nitrogen and oxygen atoms in total. The quantitative estimate of drug-likeness (QED) is 0.662. The van der Waals surface area contributed by atoms with Crippen LogP contribution in [-0.4, -0.2) is 32.1 Å². The molecular formula is C22H21NO5. The number of aryl methyl sites for hydroxylation is 1. The number of hydrogen-bond acceptors (Lipinski definition) is 5. The summed E-state index contributed by atoms with van der Waals surface area (Å²) in [6, 6.07) is 13.5. The van der Waals surface area contributed by atoms with E-state index in [0.29, 0.717) is 28.5 Å². The number of carbonyl (C=O) groups is 1. The molecule has 0 radical (unpaired) electrons. The Hall–Kier alpha value is -3.54. The van der Waals surface area contributed by atoms with Crippen molar-refractivity contribution < 1.29 is 19.0 Å². The minimum Gasteiger partial charge on any atom is -0.493 e. The molecule has 2 aromatic carbocycles. The highest BCUT2D eigenvalue weighted by Crippen LogP contribution is 2.38. The van der Waals surface area contributed by atoms with E-state index >= 15 is 0 Å². The summed E-state index contributed by atoms with van der Waals surface area (Å²) in [6.45, 7) is 1.98. The standard InChI is InChI=1S/C22H21NO5/c1-13-5-7-14(8-6-13)17-11-16(24)12-18(23-17)21(25)15-9-19(26-2)22(28-4)20(10-15)27-3/h5-12H,1-4H3,(H,23,24). The molecule has 0 aliphatic heterocycles. The summed E-state index contributed by atoms with van der Waals surface area (Å²) in [5.74, 6) is 0.762. The van der Waals surface area contributed by atoms with Crippen LogP contribution >= 0.6 is 0 Å². The van der Waals surface area contributed by atoms with E-state index in [1.54, 1.807) is 12.1 Å². The molecule has 0 aliphatic carbocycles. The van der Waals surface area contributed by atoms with Gasteiger partial charge in [-0.25, -0.2) is 0 Å². The minimum atomic E-state index is -0.356. The van der Waals surface area contributed by atoms with Crippen molar-refractivity contribution in [2.75, 3.05) is 21.3 Å². The summed E-state index contributed by atoms with van der Waals surface area (Å²) in [6.07, 6.45) is 0. The summed E-state index contributed by atoms with van der Waals surface area (Å²) < 4.78 is 15.9. The van der Waals surface area contributed by atoms with E-state index in [0.717, 1.165) is 11.1 Å². The van der Waals surface area contributed by atoms with Crippen molar-refractivity contribution in [1.82, 2.24) is 4.98 Å². The lowest BCUT2D eigenvalue weighted by Crippen LogP contribution is -2.11. The molecular weight excluding hydrogens is 358 g/mol. The molecule has 0 saturated carbocycles. The van der Waals surface area contributed by atoms with E-state index in [1.807, 2.05) is 31.2 Å². The molecule has 0 aliphatic rings. The summed E-state index contributed by atoms with van der Waals surface area (Å²) in [5, 5.41) is 0. The van der Waals surface area contributed by atoms with Crippen LogP contribution < -0.4 is 19.6 Å². The van der Waals surface area contributed by atoms with E-state index in [2.05, 4.69) is 4.98 Å². The van der Waals surface area contributed by atoms with Gasteiger partial charge in [0.25, 0.3) is 0 Å². The van der Waals surface area contributed by atoms with Crippen LogP contribution in [0, 0.1) is 6.92 Å². The van der Waals surface area contributed by atoms with Gasteiger partial charge in [-0.2, -0.15) is 0 Å². The van der Waals surface area contributed by atoms with Gasteiger partial charge in [-0.05, 0) is 24.6 Å². The number of carbonyl (C=O) groups excluding carboxylic acids is 1. The van der Waals surface area contributed by atoms with Crippen LogP contribution in [0.1, 0.15) is 21.6 Å². The largest absolute Gasteiger partial charge is 0.493 e. The molecule has 0 unspecified atom stereocenters. The highest BCUT2D eigenvalue weighted by Gasteiger charge is 2.19. The topological polar surface area (TPSA) is 77.6 Å². The Morgan fingerprint density at radius 3 is 2.00 bits per heavy atom. The number of ketones is 1. The third-order valence-electron chi connectivity index (χ3n) is 4.38. The molecule has 0 atom stereocenters. The Labute approximate surface area is 162 Å². The highest BCUT2D eigenvalue weighted by atomic mass is 16.5. The van der Waals surface area contributed by atoms with E-state index in [4.69, 9.17) is 14.2 Å². The van der Waals surface area contributed by atoms with Crippen LogP contribution in [-0.2, 0) is 0 Å². The molecule has 3 rings (SSSR count). The lowest BCUT2D eigenvalue weighted by Gasteiger charge is -2.14. The van der Waals surface area contributed by atoms with Crippen molar-refractivity contribution in [3.63, 3.8) is 0 Å². The van der Waals surface area contributed by atoms with Gasteiger partial charge >= 0.3 is 0 Å². The van der Waals surface area contributed by atoms with Crippen molar-refractivity contribution >= 4 is 5.78 Å². The van der Waals surface area contributed by atoms with E-state index in [1.165, 1.54) is 33.5 Å². The van der Waals surface area contributed by atoms with Crippen LogP contribution in [0.3, 0.4) is 0 Å². The van der Waals surface area contributed by atoms with Crippen LogP contribution in [0.5, 0.6) is 17.2 Å². The first-order chi connectivity index (χ1) is 13.5. The predicted octanol–water partition coefficient (Wildman–Crippen LogP) is 3.61. The summed E-state index contributed by atoms with van der Waals surface area (Å²) >= 11 is 0. The van der Waals surface area contributed by atoms with Crippen LogP contribution in [0.4, 0.5) is 0 Å². The first-order valence-electron chi connectivity index (χ1n) is 8.63. The van der Waals surface area contributed by atoms with Crippen molar-refractivity contribution in [2.45, 2.75) is 6.92 Å². The first kappa shape index (κ1) is 19.2. The van der Waals surface area contributed by atoms with E-state index < -0.39 is 0 Å². The van der Waals surface area contributed by atoms with Gasteiger partial charge in [-0.15, -0.1) is 0 Å². The molecule has 1 N–H and O–H groups in total. The third-order valence-corrected chi connectivity index (χ3v) is 4.38. The molecule has 0 saturated heterocycles. The number of pyridine rings is 1. The van der Waals surface area contributed by atoms with Gasteiger partial charge in [-0.3, -0.25) is 9.59 Å². The maximum absolute atomic E-state index is 13.1. The molecule has 0 fully saturated rings.